The molecular formula is C19H27N5O2. The maximum absolute atomic E-state index is 12.7. The maximum Gasteiger partial charge on any atom is 0.292 e. The molecule has 1 saturated heterocycles. The number of nitrogens with zero attached hydrogens (tertiary/aromatic N) is 4. The first-order chi connectivity index (χ1) is 12.6. The molecule has 1 aliphatic rings. The molecule has 1 fully saturated rings. The molecule has 2 aromatic heterocycles. The molecule has 7 nitrogen and oxygen atoms in total. The Balaban J connectivity index is 1.57. The van der Waals surface area contributed by atoms with E-state index < -0.39 is 0 Å². The third kappa shape index (κ3) is 4.39. The first kappa shape index (κ1) is 18.4. The lowest BCUT2D eigenvalue weighted by Gasteiger charge is -2.19. The minimum atomic E-state index is -0.0526. The predicted octanol–water partition coefficient (Wildman–Crippen LogP) is 3.11. The highest BCUT2D eigenvalue weighted by Crippen LogP contribution is 2.23. The van der Waals surface area contributed by atoms with Crippen molar-refractivity contribution in [1.29, 1.82) is 0 Å². The molecule has 26 heavy (non-hydrogen) atoms. The summed E-state index contributed by atoms with van der Waals surface area (Å²) in [6.45, 7) is 5.57. The summed E-state index contributed by atoms with van der Waals surface area (Å²) in [5.74, 6) is 1.84. The second-order valence-corrected chi connectivity index (χ2v) is 7.21. The zero-order valence-corrected chi connectivity index (χ0v) is 15.7. The first-order valence-corrected chi connectivity index (χ1v) is 9.31. The predicted molar refractivity (Wildman–Crippen MR) is 99.1 cm³/mol. The van der Waals surface area contributed by atoms with Gasteiger partial charge in [0.05, 0.1) is 23.8 Å². The molecule has 140 valence electrons. The number of anilines is 1. The summed E-state index contributed by atoms with van der Waals surface area (Å²) in [4.78, 5) is 23.4. The molecule has 0 aromatic carbocycles. The monoisotopic (exact) mass is 357 g/mol. The van der Waals surface area contributed by atoms with Gasteiger partial charge in [-0.15, -0.1) is 0 Å². The van der Waals surface area contributed by atoms with Gasteiger partial charge in [0.2, 0.25) is 5.76 Å². The average molecular weight is 357 g/mol. The van der Waals surface area contributed by atoms with Crippen molar-refractivity contribution in [2.75, 3.05) is 25.5 Å². The number of nitrogens with one attached hydrogen (secondary N) is 1. The Morgan fingerprint density at radius 3 is 2.81 bits per heavy atom. The van der Waals surface area contributed by atoms with Crippen molar-refractivity contribution in [3.8, 4) is 0 Å². The zero-order valence-electron chi connectivity index (χ0n) is 15.7. The van der Waals surface area contributed by atoms with E-state index in [0.717, 1.165) is 56.0 Å². The fourth-order valence-electron chi connectivity index (χ4n) is 3.28. The van der Waals surface area contributed by atoms with Crippen LogP contribution in [0.25, 0.3) is 0 Å². The van der Waals surface area contributed by atoms with Gasteiger partial charge in [-0.25, -0.2) is 4.98 Å². The number of hydrogen-bond donors (Lipinski definition) is 1. The van der Waals surface area contributed by atoms with Gasteiger partial charge < -0.3 is 14.7 Å². The van der Waals surface area contributed by atoms with E-state index in [0.29, 0.717) is 11.7 Å². The standard InChI is InChI=1S/C19H27N5O2/c1-13(2)16-10-17(26-23-16)19(25)24-7-4-5-14(6-8-24)9-15-11-22-18(20-3)12-21-15/h10-14H,4-9H2,1-3H3,(H,20,22). The van der Waals surface area contributed by atoms with Crippen LogP contribution < -0.4 is 5.32 Å². The third-order valence-electron chi connectivity index (χ3n) is 4.92. The highest BCUT2D eigenvalue weighted by Gasteiger charge is 2.25. The Morgan fingerprint density at radius 2 is 2.15 bits per heavy atom. The number of likely N-dealkylation sites (tertiary alicyclic amines) is 1. The molecule has 2 aromatic rings. The lowest BCUT2D eigenvalue weighted by molar-refractivity contribution is 0.0718. The lowest BCUT2D eigenvalue weighted by atomic mass is 9.95. The van der Waals surface area contributed by atoms with Crippen molar-refractivity contribution in [1.82, 2.24) is 20.0 Å². The van der Waals surface area contributed by atoms with E-state index in [1.165, 1.54) is 0 Å². The van der Waals surface area contributed by atoms with Crippen LogP contribution in [0.1, 0.15) is 61.0 Å². The van der Waals surface area contributed by atoms with Gasteiger partial charge in [0.15, 0.2) is 0 Å². The number of amides is 1. The first-order valence-electron chi connectivity index (χ1n) is 9.31. The number of carbonyl (C=O) groups is 1. The van der Waals surface area contributed by atoms with Gasteiger partial charge in [0.1, 0.15) is 5.82 Å². The van der Waals surface area contributed by atoms with Crippen molar-refractivity contribution in [2.24, 2.45) is 5.92 Å². The summed E-state index contributed by atoms with van der Waals surface area (Å²) in [6.07, 6.45) is 7.54. The van der Waals surface area contributed by atoms with Crippen LogP contribution in [0.4, 0.5) is 5.82 Å². The highest BCUT2D eigenvalue weighted by molar-refractivity contribution is 5.91. The molecule has 3 rings (SSSR count). The molecule has 0 radical (unpaired) electrons. The van der Waals surface area contributed by atoms with Crippen LogP contribution in [0.5, 0.6) is 0 Å². The summed E-state index contributed by atoms with van der Waals surface area (Å²) >= 11 is 0. The van der Waals surface area contributed by atoms with Crippen molar-refractivity contribution < 1.29 is 9.32 Å². The summed E-state index contributed by atoms with van der Waals surface area (Å²) in [5.41, 5.74) is 1.83. The molecule has 0 spiro atoms. The maximum atomic E-state index is 12.7. The Morgan fingerprint density at radius 1 is 1.31 bits per heavy atom. The Labute approximate surface area is 154 Å². The van der Waals surface area contributed by atoms with Crippen molar-refractivity contribution in [2.45, 2.75) is 45.4 Å². The molecule has 0 saturated carbocycles. The Hall–Kier alpha value is -2.44. The number of rotatable bonds is 5. The fraction of sp³-hybridized carbons (Fsp3) is 0.579. The highest BCUT2D eigenvalue weighted by atomic mass is 16.5. The van der Waals surface area contributed by atoms with E-state index in [9.17, 15) is 4.79 Å². The van der Waals surface area contributed by atoms with Gasteiger partial charge in [0.25, 0.3) is 5.91 Å². The molecule has 1 unspecified atom stereocenters. The number of hydrogen-bond acceptors (Lipinski definition) is 6. The van der Waals surface area contributed by atoms with Crippen LogP contribution in [0.3, 0.4) is 0 Å². The van der Waals surface area contributed by atoms with E-state index in [2.05, 4.69) is 20.4 Å². The summed E-state index contributed by atoms with van der Waals surface area (Å²) in [6, 6.07) is 1.77. The Kier molecular flexibility index (Phi) is 5.85. The average Bonchev–Trinajstić information content (AvgIpc) is 3.04. The molecule has 1 amide bonds. The quantitative estimate of drug-likeness (QED) is 0.885. The molecule has 0 bridgehead atoms. The van der Waals surface area contributed by atoms with Crippen molar-refractivity contribution >= 4 is 11.7 Å². The van der Waals surface area contributed by atoms with Gasteiger partial charge in [-0.2, -0.15) is 0 Å². The van der Waals surface area contributed by atoms with Crippen LogP contribution in [-0.4, -0.2) is 46.1 Å². The second-order valence-electron chi connectivity index (χ2n) is 7.21. The van der Waals surface area contributed by atoms with Crippen LogP contribution in [-0.2, 0) is 6.42 Å². The lowest BCUT2D eigenvalue weighted by Crippen LogP contribution is -2.31. The van der Waals surface area contributed by atoms with E-state index in [4.69, 9.17) is 4.52 Å². The topological polar surface area (TPSA) is 84.2 Å². The summed E-state index contributed by atoms with van der Waals surface area (Å²) in [5, 5.41) is 6.98. The van der Waals surface area contributed by atoms with E-state index >= 15 is 0 Å². The summed E-state index contributed by atoms with van der Waals surface area (Å²) in [7, 11) is 1.83. The SMILES string of the molecule is CNc1cnc(CC2CCCN(C(=O)c3cc(C(C)C)no3)CC2)cn1. The van der Waals surface area contributed by atoms with Crippen LogP contribution >= 0.6 is 0 Å². The van der Waals surface area contributed by atoms with Gasteiger partial charge >= 0.3 is 0 Å². The molecule has 0 aliphatic carbocycles. The minimum absolute atomic E-state index is 0.0526. The molecule has 7 heteroatoms. The molecular weight excluding hydrogens is 330 g/mol. The van der Waals surface area contributed by atoms with Crippen molar-refractivity contribution in [3.63, 3.8) is 0 Å². The summed E-state index contributed by atoms with van der Waals surface area (Å²) < 4.78 is 5.26. The van der Waals surface area contributed by atoms with Gasteiger partial charge in [0, 0.05) is 26.2 Å². The van der Waals surface area contributed by atoms with Crippen LogP contribution in [0, 0.1) is 5.92 Å². The second kappa shape index (κ2) is 8.29. The smallest absolute Gasteiger partial charge is 0.292 e. The van der Waals surface area contributed by atoms with E-state index in [1.54, 1.807) is 12.3 Å². The van der Waals surface area contributed by atoms with Gasteiger partial charge in [-0.1, -0.05) is 19.0 Å². The largest absolute Gasteiger partial charge is 0.372 e. The Bertz CT molecular complexity index is 726. The van der Waals surface area contributed by atoms with E-state index in [1.807, 2.05) is 32.0 Å². The fourth-order valence-corrected chi connectivity index (χ4v) is 3.28. The van der Waals surface area contributed by atoms with Crippen LogP contribution in [0.2, 0.25) is 0 Å². The molecule has 1 N–H and O–H groups in total. The minimum Gasteiger partial charge on any atom is -0.372 e. The van der Waals surface area contributed by atoms with Crippen molar-refractivity contribution in [3.05, 3.63) is 35.6 Å². The normalized spacial score (nSPS) is 18.0. The number of aromatic nitrogens is 3. The van der Waals surface area contributed by atoms with Crippen LogP contribution in [0.15, 0.2) is 23.0 Å². The third-order valence-corrected chi connectivity index (χ3v) is 4.92. The molecule has 1 aliphatic heterocycles. The zero-order chi connectivity index (χ0) is 18.5. The number of carbonyl (C=O) groups excluding carboxylic acids is 1. The van der Waals surface area contributed by atoms with Gasteiger partial charge in [-0.3, -0.25) is 9.78 Å². The molecule has 3 heterocycles. The molecule has 1 atom stereocenters. The van der Waals surface area contributed by atoms with E-state index in [-0.39, 0.29) is 11.8 Å². The van der Waals surface area contributed by atoms with Gasteiger partial charge in [-0.05, 0) is 37.5 Å².